The van der Waals surface area contributed by atoms with Crippen molar-refractivity contribution in [2.24, 2.45) is 5.73 Å². The summed E-state index contributed by atoms with van der Waals surface area (Å²) in [5.74, 6) is -1.78. The zero-order valence-electron chi connectivity index (χ0n) is 25.9. The predicted molar refractivity (Wildman–Crippen MR) is 171 cm³/mol. The van der Waals surface area contributed by atoms with E-state index in [-0.39, 0.29) is 18.7 Å². The van der Waals surface area contributed by atoms with Gasteiger partial charge in [-0.2, -0.15) is 0 Å². The van der Waals surface area contributed by atoms with Gasteiger partial charge in [-0.1, -0.05) is 115 Å². The molecule has 1 aromatic carbocycles. The molecule has 42 heavy (non-hydrogen) atoms. The van der Waals surface area contributed by atoms with Crippen LogP contribution in [0.25, 0.3) is 10.9 Å². The maximum Gasteiger partial charge on any atom is 0.326 e. The fourth-order valence-corrected chi connectivity index (χ4v) is 5.50. The van der Waals surface area contributed by atoms with Crippen molar-refractivity contribution in [2.45, 2.75) is 141 Å². The van der Waals surface area contributed by atoms with Crippen molar-refractivity contribution in [3.63, 3.8) is 0 Å². The number of carbonyl (C=O) groups is 3. The van der Waals surface area contributed by atoms with Crippen LogP contribution in [0.1, 0.15) is 128 Å². The molecule has 236 valence electrons. The summed E-state index contributed by atoms with van der Waals surface area (Å²) in [5.41, 5.74) is 7.38. The summed E-state index contributed by atoms with van der Waals surface area (Å²) in [6.07, 6.45) is 22.1. The van der Waals surface area contributed by atoms with Gasteiger partial charge in [-0.3, -0.25) is 9.59 Å². The standard InChI is InChI=1S/C34H56N4O4/c1-2-3-4-5-6-7-8-9-10-11-12-13-14-15-16-23-32(39)37-31(33(40)38-30(34(41)42)22-19-24-35)25-27-26-36-29-21-18-17-20-28(27)29/h17-18,20-21,26,30-31,36H,2-16,19,22-25,35H2,1H3,(H,37,39)(H,38,40)(H,41,42). The number of hydrogen-bond acceptors (Lipinski definition) is 4. The van der Waals surface area contributed by atoms with Crippen molar-refractivity contribution < 1.29 is 19.5 Å². The Hall–Kier alpha value is -2.87. The largest absolute Gasteiger partial charge is 0.480 e. The van der Waals surface area contributed by atoms with Crippen LogP contribution in [0.15, 0.2) is 30.5 Å². The second-order valence-corrected chi connectivity index (χ2v) is 11.7. The van der Waals surface area contributed by atoms with Gasteiger partial charge in [-0.05, 0) is 37.4 Å². The summed E-state index contributed by atoms with van der Waals surface area (Å²) in [7, 11) is 0. The minimum Gasteiger partial charge on any atom is -0.480 e. The Morgan fingerprint density at radius 3 is 1.93 bits per heavy atom. The number of carbonyl (C=O) groups excluding carboxylic acids is 2. The number of H-pyrrole nitrogens is 1. The first-order valence-corrected chi connectivity index (χ1v) is 16.5. The van der Waals surface area contributed by atoms with Gasteiger partial charge in [-0.15, -0.1) is 0 Å². The second-order valence-electron chi connectivity index (χ2n) is 11.7. The lowest BCUT2D eigenvalue weighted by Gasteiger charge is -2.21. The van der Waals surface area contributed by atoms with Crippen LogP contribution in [0, 0.1) is 0 Å². The third kappa shape index (κ3) is 14.3. The second kappa shape index (κ2) is 21.8. The summed E-state index contributed by atoms with van der Waals surface area (Å²) >= 11 is 0. The average Bonchev–Trinajstić information content (AvgIpc) is 3.39. The van der Waals surface area contributed by atoms with Crippen molar-refractivity contribution in [1.82, 2.24) is 15.6 Å². The molecule has 1 aromatic heterocycles. The minimum absolute atomic E-state index is 0.182. The normalized spacial score (nSPS) is 12.7. The number of amides is 2. The van der Waals surface area contributed by atoms with Gasteiger partial charge in [0, 0.05) is 29.9 Å². The third-order valence-electron chi connectivity index (χ3n) is 8.07. The number of unbranched alkanes of at least 4 members (excludes halogenated alkanes) is 14. The molecule has 0 aliphatic heterocycles. The van der Waals surface area contributed by atoms with Gasteiger partial charge >= 0.3 is 5.97 Å². The number of nitrogens with two attached hydrogens (primary N) is 1. The highest BCUT2D eigenvalue weighted by molar-refractivity contribution is 5.91. The van der Waals surface area contributed by atoms with E-state index in [9.17, 15) is 19.5 Å². The van der Waals surface area contributed by atoms with Crippen LogP contribution in [-0.2, 0) is 20.8 Å². The van der Waals surface area contributed by atoms with Gasteiger partial charge in [-0.25, -0.2) is 4.79 Å². The van der Waals surface area contributed by atoms with E-state index in [1.54, 1.807) is 0 Å². The average molecular weight is 585 g/mol. The van der Waals surface area contributed by atoms with Crippen molar-refractivity contribution in [3.8, 4) is 0 Å². The molecule has 6 N–H and O–H groups in total. The van der Waals surface area contributed by atoms with Gasteiger partial charge in [0.1, 0.15) is 12.1 Å². The molecule has 2 unspecified atom stereocenters. The first kappa shape index (κ1) is 35.3. The number of para-hydroxylation sites is 1. The maximum atomic E-state index is 13.2. The minimum atomic E-state index is -1.10. The van der Waals surface area contributed by atoms with Crippen molar-refractivity contribution >= 4 is 28.7 Å². The molecular formula is C34H56N4O4. The van der Waals surface area contributed by atoms with Crippen LogP contribution in [0.5, 0.6) is 0 Å². The smallest absolute Gasteiger partial charge is 0.326 e. The molecule has 0 aliphatic rings. The molecule has 8 heteroatoms. The number of aromatic nitrogens is 1. The molecule has 0 aliphatic carbocycles. The van der Waals surface area contributed by atoms with Gasteiger partial charge in [0.05, 0.1) is 0 Å². The van der Waals surface area contributed by atoms with Crippen LogP contribution in [-0.4, -0.2) is 46.5 Å². The molecule has 0 spiro atoms. The van der Waals surface area contributed by atoms with Crippen LogP contribution in [0.2, 0.25) is 0 Å². The van der Waals surface area contributed by atoms with E-state index in [1.165, 1.54) is 77.0 Å². The molecule has 2 rings (SSSR count). The molecule has 1 heterocycles. The summed E-state index contributed by atoms with van der Waals surface area (Å²) < 4.78 is 0. The highest BCUT2D eigenvalue weighted by Gasteiger charge is 2.27. The number of aromatic amines is 1. The number of benzene rings is 1. The Balaban J connectivity index is 1.73. The van der Waals surface area contributed by atoms with E-state index in [1.807, 2.05) is 30.5 Å². The Kier molecular flexibility index (Phi) is 18.3. The molecule has 2 atom stereocenters. The number of carboxylic acids is 1. The van der Waals surface area contributed by atoms with E-state index in [0.29, 0.717) is 19.4 Å². The quantitative estimate of drug-likeness (QED) is 0.0821. The maximum absolute atomic E-state index is 13.2. The van der Waals surface area contributed by atoms with Gasteiger partial charge < -0.3 is 26.5 Å². The topological polar surface area (TPSA) is 137 Å². The Labute approximate surface area is 253 Å². The lowest BCUT2D eigenvalue weighted by molar-refractivity contribution is -0.142. The lowest BCUT2D eigenvalue weighted by Crippen LogP contribution is -2.52. The SMILES string of the molecule is CCCCCCCCCCCCCCCCCC(=O)NC(Cc1c[nH]c2ccccc12)C(=O)NC(CCCN)C(=O)O. The number of carboxylic acid groups (broad SMARTS) is 1. The van der Waals surface area contributed by atoms with E-state index >= 15 is 0 Å². The van der Waals surface area contributed by atoms with E-state index in [2.05, 4.69) is 22.5 Å². The molecule has 8 nitrogen and oxygen atoms in total. The molecule has 2 amide bonds. The summed E-state index contributed by atoms with van der Waals surface area (Å²) in [6.45, 7) is 2.60. The van der Waals surface area contributed by atoms with Gasteiger partial charge in [0.25, 0.3) is 0 Å². The zero-order chi connectivity index (χ0) is 30.4. The first-order chi connectivity index (χ1) is 20.5. The van der Waals surface area contributed by atoms with E-state index in [0.717, 1.165) is 35.7 Å². The highest BCUT2D eigenvalue weighted by atomic mass is 16.4. The summed E-state index contributed by atoms with van der Waals surface area (Å²) in [6, 6.07) is 5.87. The molecule has 0 radical (unpaired) electrons. The number of fused-ring (bicyclic) bond motifs is 1. The molecular weight excluding hydrogens is 528 g/mol. The summed E-state index contributed by atoms with van der Waals surface area (Å²) in [5, 5.41) is 16.0. The lowest BCUT2D eigenvalue weighted by atomic mass is 10.0. The first-order valence-electron chi connectivity index (χ1n) is 16.5. The number of aliphatic carboxylic acids is 1. The highest BCUT2D eigenvalue weighted by Crippen LogP contribution is 2.20. The number of nitrogens with one attached hydrogen (secondary N) is 3. The molecule has 0 fully saturated rings. The molecule has 2 aromatic rings. The van der Waals surface area contributed by atoms with E-state index < -0.39 is 24.0 Å². The summed E-state index contributed by atoms with van der Waals surface area (Å²) in [4.78, 5) is 40.9. The molecule has 0 bridgehead atoms. The van der Waals surface area contributed by atoms with Crippen LogP contribution < -0.4 is 16.4 Å². The number of rotatable bonds is 25. The fraction of sp³-hybridized carbons (Fsp3) is 0.676. The Morgan fingerprint density at radius 1 is 0.786 bits per heavy atom. The van der Waals surface area contributed by atoms with Crippen molar-refractivity contribution in [2.75, 3.05) is 6.54 Å². The monoisotopic (exact) mass is 584 g/mol. The fourth-order valence-electron chi connectivity index (χ4n) is 5.50. The third-order valence-corrected chi connectivity index (χ3v) is 8.07. The Morgan fingerprint density at radius 2 is 1.36 bits per heavy atom. The Bertz CT molecular complexity index is 1040. The number of hydrogen-bond donors (Lipinski definition) is 5. The van der Waals surface area contributed by atoms with Crippen molar-refractivity contribution in [1.29, 1.82) is 0 Å². The van der Waals surface area contributed by atoms with Crippen LogP contribution in [0.3, 0.4) is 0 Å². The van der Waals surface area contributed by atoms with Gasteiger partial charge in [0.15, 0.2) is 0 Å². The van der Waals surface area contributed by atoms with E-state index in [4.69, 9.17) is 5.73 Å². The van der Waals surface area contributed by atoms with Crippen LogP contribution in [0.4, 0.5) is 0 Å². The van der Waals surface area contributed by atoms with Crippen molar-refractivity contribution in [3.05, 3.63) is 36.0 Å². The molecule has 0 saturated heterocycles. The zero-order valence-corrected chi connectivity index (χ0v) is 25.9. The van der Waals surface area contributed by atoms with Crippen LogP contribution >= 0.6 is 0 Å². The van der Waals surface area contributed by atoms with Gasteiger partial charge in [0.2, 0.25) is 11.8 Å². The predicted octanol–water partition coefficient (Wildman–Crippen LogP) is 6.77. The molecule has 0 saturated carbocycles.